The molecule has 1 aliphatic rings. The minimum absolute atomic E-state index is 0.0162. The lowest BCUT2D eigenvalue weighted by atomic mass is 10.1. The fourth-order valence-electron chi connectivity index (χ4n) is 2.79. The normalized spacial score (nSPS) is 19.4. The summed E-state index contributed by atoms with van der Waals surface area (Å²) in [5.41, 5.74) is 0.824. The summed E-state index contributed by atoms with van der Waals surface area (Å²) in [5.74, 6) is 0. The molecule has 1 saturated heterocycles. The average Bonchev–Trinajstić information content (AvgIpc) is 3.02. The Bertz CT molecular complexity index is 630. The molecule has 0 bridgehead atoms. The van der Waals surface area contributed by atoms with E-state index in [1.54, 1.807) is 0 Å². The van der Waals surface area contributed by atoms with Crippen LogP contribution in [0.15, 0.2) is 42.5 Å². The fourth-order valence-corrected chi connectivity index (χ4v) is 2.79. The maximum atomic E-state index is 12.1. The number of hydrogen-bond donors (Lipinski definition) is 2. The van der Waals surface area contributed by atoms with Gasteiger partial charge >= 0.3 is 6.03 Å². The minimum Gasteiger partial charge on any atom is -0.376 e. The zero-order valence-electron chi connectivity index (χ0n) is 12.1. The van der Waals surface area contributed by atoms with E-state index in [2.05, 4.69) is 10.6 Å². The van der Waals surface area contributed by atoms with Crippen molar-refractivity contribution in [3.05, 3.63) is 42.5 Å². The molecule has 1 aliphatic heterocycles. The van der Waals surface area contributed by atoms with Crippen molar-refractivity contribution >= 4 is 22.5 Å². The minimum atomic E-state index is -0.186. The highest BCUT2D eigenvalue weighted by atomic mass is 16.5. The largest absolute Gasteiger partial charge is 0.376 e. The van der Waals surface area contributed by atoms with Crippen LogP contribution in [-0.2, 0) is 4.74 Å². The van der Waals surface area contributed by atoms with E-state index in [4.69, 9.17) is 4.74 Å². The average molecular weight is 284 g/mol. The van der Waals surface area contributed by atoms with Crippen LogP contribution in [0.2, 0.25) is 0 Å². The fraction of sp³-hybridized carbons (Fsp3) is 0.353. The number of urea groups is 1. The Labute approximate surface area is 124 Å². The summed E-state index contributed by atoms with van der Waals surface area (Å²) in [5, 5.41) is 8.05. The number of rotatable bonds is 3. The lowest BCUT2D eigenvalue weighted by Gasteiger charge is -2.20. The van der Waals surface area contributed by atoms with Crippen LogP contribution in [0.5, 0.6) is 0 Å². The Hall–Kier alpha value is -2.07. The smallest absolute Gasteiger partial charge is 0.319 e. The quantitative estimate of drug-likeness (QED) is 0.906. The van der Waals surface area contributed by atoms with Gasteiger partial charge in [-0.1, -0.05) is 36.4 Å². The van der Waals surface area contributed by atoms with E-state index < -0.39 is 0 Å². The van der Waals surface area contributed by atoms with E-state index in [-0.39, 0.29) is 18.2 Å². The predicted octanol–water partition coefficient (Wildman–Crippen LogP) is 3.53. The van der Waals surface area contributed by atoms with Crippen LogP contribution in [0.3, 0.4) is 0 Å². The summed E-state index contributed by atoms with van der Waals surface area (Å²) in [6, 6.07) is 13.7. The van der Waals surface area contributed by atoms with Gasteiger partial charge in [0.1, 0.15) is 0 Å². The molecule has 2 amide bonds. The summed E-state index contributed by atoms with van der Waals surface area (Å²) in [6.45, 7) is 2.78. The molecular weight excluding hydrogens is 264 g/mol. The van der Waals surface area contributed by atoms with Crippen LogP contribution in [0.1, 0.15) is 19.8 Å². The molecule has 2 N–H and O–H groups in total. The van der Waals surface area contributed by atoms with Crippen molar-refractivity contribution in [2.24, 2.45) is 0 Å². The first-order chi connectivity index (χ1) is 10.2. The number of anilines is 1. The number of carbonyl (C=O) groups is 1. The van der Waals surface area contributed by atoms with Crippen molar-refractivity contribution in [1.82, 2.24) is 5.32 Å². The van der Waals surface area contributed by atoms with Gasteiger partial charge in [0.15, 0.2) is 0 Å². The van der Waals surface area contributed by atoms with Crippen molar-refractivity contribution in [3.63, 3.8) is 0 Å². The second-order valence-corrected chi connectivity index (χ2v) is 5.47. The second-order valence-electron chi connectivity index (χ2n) is 5.47. The molecule has 2 unspecified atom stereocenters. The molecule has 0 saturated carbocycles. The molecule has 3 rings (SSSR count). The van der Waals surface area contributed by atoms with Crippen molar-refractivity contribution in [2.45, 2.75) is 31.9 Å². The third-order valence-electron chi connectivity index (χ3n) is 3.92. The highest BCUT2D eigenvalue weighted by Crippen LogP contribution is 2.23. The maximum Gasteiger partial charge on any atom is 0.319 e. The standard InChI is InChI=1S/C17H20N2O2/c1-12(16-10-5-11-21-16)18-17(20)19-15-9-4-7-13-6-2-3-8-14(13)15/h2-4,6-9,12,16H,5,10-11H2,1H3,(H2,18,19,20). The third-order valence-corrected chi connectivity index (χ3v) is 3.92. The van der Waals surface area contributed by atoms with Gasteiger partial charge in [0.2, 0.25) is 0 Å². The summed E-state index contributed by atoms with van der Waals surface area (Å²) < 4.78 is 5.59. The van der Waals surface area contributed by atoms with Gasteiger partial charge in [-0.2, -0.15) is 0 Å². The molecule has 2 atom stereocenters. The summed E-state index contributed by atoms with van der Waals surface area (Å²) in [7, 11) is 0. The Morgan fingerprint density at radius 1 is 1.24 bits per heavy atom. The molecule has 1 heterocycles. The van der Waals surface area contributed by atoms with Gasteiger partial charge in [0.05, 0.1) is 17.8 Å². The number of benzene rings is 2. The Morgan fingerprint density at radius 3 is 2.86 bits per heavy atom. The molecule has 0 spiro atoms. The Balaban J connectivity index is 1.68. The first kappa shape index (κ1) is 13.9. The Morgan fingerprint density at radius 2 is 2.05 bits per heavy atom. The van der Waals surface area contributed by atoms with Crippen molar-refractivity contribution in [1.29, 1.82) is 0 Å². The molecule has 0 aliphatic carbocycles. The maximum absolute atomic E-state index is 12.1. The summed E-state index contributed by atoms with van der Waals surface area (Å²) >= 11 is 0. The van der Waals surface area contributed by atoms with E-state index in [9.17, 15) is 4.79 Å². The van der Waals surface area contributed by atoms with Crippen molar-refractivity contribution in [3.8, 4) is 0 Å². The molecule has 0 radical (unpaired) electrons. The number of carbonyl (C=O) groups excluding carboxylic acids is 1. The molecule has 4 heteroatoms. The van der Waals surface area contributed by atoms with Gasteiger partial charge in [0.25, 0.3) is 0 Å². The summed E-state index contributed by atoms with van der Waals surface area (Å²) in [4.78, 5) is 12.1. The van der Waals surface area contributed by atoms with Crippen molar-refractivity contribution in [2.75, 3.05) is 11.9 Å². The molecule has 4 nitrogen and oxygen atoms in total. The van der Waals surface area contributed by atoms with E-state index in [1.165, 1.54) is 0 Å². The van der Waals surface area contributed by atoms with Gasteiger partial charge in [0, 0.05) is 12.0 Å². The zero-order chi connectivity index (χ0) is 14.7. The highest BCUT2D eigenvalue weighted by molar-refractivity contribution is 6.01. The second kappa shape index (κ2) is 6.14. The SMILES string of the molecule is CC(NC(=O)Nc1cccc2ccccc12)C1CCCO1. The molecule has 21 heavy (non-hydrogen) atoms. The first-order valence-corrected chi connectivity index (χ1v) is 7.41. The third kappa shape index (κ3) is 3.16. The van der Waals surface area contributed by atoms with Gasteiger partial charge in [-0.05, 0) is 31.2 Å². The number of amides is 2. The van der Waals surface area contributed by atoms with Crippen LogP contribution < -0.4 is 10.6 Å². The van der Waals surface area contributed by atoms with Crippen molar-refractivity contribution < 1.29 is 9.53 Å². The van der Waals surface area contributed by atoms with Crippen LogP contribution in [0, 0.1) is 0 Å². The molecule has 0 aromatic heterocycles. The van der Waals surface area contributed by atoms with Gasteiger partial charge in [-0.25, -0.2) is 4.79 Å². The van der Waals surface area contributed by atoms with Gasteiger partial charge in [-0.3, -0.25) is 0 Å². The predicted molar refractivity (Wildman–Crippen MR) is 84.5 cm³/mol. The highest BCUT2D eigenvalue weighted by Gasteiger charge is 2.23. The van der Waals surface area contributed by atoms with Crippen LogP contribution >= 0.6 is 0 Å². The van der Waals surface area contributed by atoms with E-state index in [0.29, 0.717) is 0 Å². The Kier molecular flexibility index (Phi) is 4.06. The van der Waals surface area contributed by atoms with E-state index in [0.717, 1.165) is 35.9 Å². The lowest BCUT2D eigenvalue weighted by molar-refractivity contribution is 0.0868. The molecule has 2 aromatic carbocycles. The van der Waals surface area contributed by atoms with E-state index in [1.807, 2.05) is 49.4 Å². The number of ether oxygens (including phenoxy) is 1. The molecule has 110 valence electrons. The first-order valence-electron chi connectivity index (χ1n) is 7.41. The number of fused-ring (bicyclic) bond motifs is 1. The molecule has 1 fully saturated rings. The van der Waals surface area contributed by atoms with Gasteiger partial charge in [-0.15, -0.1) is 0 Å². The topological polar surface area (TPSA) is 50.4 Å². The monoisotopic (exact) mass is 284 g/mol. The summed E-state index contributed by atoms with van der Waals surface area (Å²) in [6.07, 6.45) is 2.21. The van der Waals surface area contributed by atoms with Crippen LogP contribution in [-0.4, -0.2) is 24.8 Å². The van der Waals surface area contributed by atoms with Crippen LogP contribution in [0.4, 0.5) is 10.5 Å². The van der Waals surface area contributed by atoms with E-state index >= 15 is 0 Å². The number of hydrogen-bond acceptors (Lipinski definition) is 2. The molecular formula is C17H20N2O2. The van der Waals surface area contributed by atoms with Gasteiger partial charge < -0.3 is 15.4 Å². The zero-order valence-corrected chi connectivity index (χ0v) is 12.1. The lowest BCUT2D eigenvalue weighted by Crippen LogP contribution is -2.43. The number of nitrogens with one attached hydrogen (secondary N) is 2. The molecule has 2 aromatic rings. The van der Waals surface area contributed by atoms with Crippen LogP contribution in [0.25, 0.3) is 10.8 Å².